The molecule has 0 bridgehead atoms. The molecule has 0 spiro atoms. The maximum Gasteiger partial charge on any atom is 0.234 e. The van der Waals surface area contributed by atoms with Gasteiger partial charge in [-0.25, -0.2) is 0 Å². The van der Waals surface area contributed by atoms with Gasteiger partial charge in [-0.15, -0.1) is 0 Å². The lowest BCUT2D eigenvalue weighted by atomic mass is 9.81. The normalized spacial score (nSPS) is 24.6. The monoisotopic (exact) mass is 265 g/mol. The van der Waals surface area contributed by atoms with Gasteiger partial charge in [0, 0.05) is 12.5 Å². The standard InChI is InChI=1S/C15H27N3O/c1-4-15(5-2,10-16)14-17-13(18-19-14)12-8-6-11(3)7-9-12/h11-12H,4-10,16H2,1-3H3. The fourth-order valence-electron chi connectivity index (χ4n) is 3.06. The van der Waals surface area contributed by atoms with Gasteiger partial charge in [0.15, 0.2) is 5.82 Å². The van der Waals surface area contributed by atoms with Gasteiger partial charge in [-0.1, -0.05) is 38.8 Å². The third-order valence-electron chi connectivity index (χ3n) is 5.02. The zero-order chi connectivity index (χ0) is 13.9. The molecule has 19 heavy (non-hydrogen) atoms. The molecular weight excluding hydrogens is 238 g/mol. The van der Waals surface area contributed by atoms with Gasteiger partial charge in [0.2, 0.25) is 5.89 Å². The molecule has 1 fully saturated rings. The Bertz CT molecular complexity index is 382. The topological polar surface area (TPSA) is 64.9 Å². The van der Waals surface area contributed by atoms with Crippen LogP contribution in [-0.2, 0) is 5.41 Å². The van der Waals surface area contributed by atoms with Gasteiger partial charge < -0.3 is 10.3 Å². The highest BCUT2D eigenvalue weighted by molar-refractivity contribution is 5.08. The van der Waals surface area contributed by atoms with Crippen LogP contribution in [0.3, 0.4) is 0 Å². The molecule has 0 amide bonds. The summed E-state index contributed by atoms with van der Waals surface area (Å²) in [5, 5.41) is 4.23. The molecule has 1 aliphatic carbocycles. The average Bonchev–Trinajstić information content (AvgIpc) is 2.93. The van der Waals surface area contributed by atoms with E-state index in [2.05, 4.69) is 30.9 Å². The maximum atomic E-state index is 5.94. The molecule has 2 N–H and O–H groups in total. The molecule has 1 aromatic rings. The molecule has 0 atom stereocenters. The number of hydrogen-bond donors (Lipinski definition) is 1. The lowest BCUT2D eigenvalue weighted by Gasteiger charge is -2.25. The molecule has 1 aromatic heterocycles. The second-order valence-electron chi connectivity index (χ2n) is 6.11. The molecular formula is C15H27N3O. The predicted octanol–water partition coefficient (Wildman–Crippen LogP) is 3.38. The highest BCUT2D eigenvalue weighted by Crippen LogP contribution is 2.36. The molecule has 0 unspecified atom stereocenters. The molecule has 1 aliphatic rings. The first-order chi connectivity index (χ1) is 9.15. The first-order valence-corrected chi connectivity index (χ1v) is 7.69. The number of nitrogens with zero attached hydrogens (tertiary/aromatic N) is 2. The molecule has 4 nitrogen and oxygen atoms in total. The molecule has 0 saturated heterocycles. The minimum atomic E-state index is -0.132. The summed E-state index contributed by atoms with van der Waals surface area (Å²) in [4.78, 5) is 4.69. The number of rotatable bonds is 5. The summed E-state index contributed by atoms with van der Waals surface area (Å²) in [6.45, 7) is 7.18. The minimum Gasteiger partial charge on any atom is -0.339 e. The van der Waals surface area contributed by atoms with E-state index in [1.54, 1.807) is 0 Å². The summed E-state index contributed by atoms with van der Waals surface area (Å²) < 4.78 is 5.54. The fraction of sp³-hybridized carbons (Fsp3) is 0.867. The van der Waals surface area contributed by atoms with Gasteiger partial charge in [0.25, 0.3) is 0 Å². The zero-order valence-electron chi connectivity index (χ0n) is 12.5. The predicted molar refractivity (Wildman–Crippen MR) is 76.0 cm³/mol. The van der Waals surface area contributed by atoms with Crippen molar-refractivity contribution in [3.8, 4) is 0 Å². The quantitative estimate of drug-likeness (QED) is 0.886. The Balaban J connectivity index is 2.14. The van der Waals surface area contributed by atoms with Crippen molar-refractivity contribution >= 4 is 0 Å². The van der Waals surface area contributed by atoms with E-state index in [0.29, 0.717) is 12.5 Å². The molecule has 0 aromatic carbocycles. The Morgan fingerprint density at radius 2 is 1.84 bits per heavy atom. The van der Waals surface area contributed by atoms with Crippen LogP contribution in [0.4, 0.5) is 0 Å². The van der Waals surface area contributed by atoms with Gasteiger partial charge >= 0.3 is 0 Å². The van der Waals surface area contributed by atoms with E-state index in [9.17, 15) is 0 Å². The summed E-state index contributed by atoms with van der Waals surface area (Å²) >= 11 is 0. The van der Waals surface area contributed by atoms with Crippen LogP contribution >= 0.6 is 0 Å². The molecule has 0 aliphatic heterocycles. The highest BCUT2D eigenvalue weighted by atomic mass is 16.5. The number of hydrogen-bond acceptors (Lipinski definition) is 4. The largest absolute Gasteiger partial charge is 0.339 e. The Kier molecular flexibility index (Phi) is 4.61. The number of aromatic nitrogens is 2. The van der Waals surface area contributed by atoms with E-state index in [4.69, 9.17) is 10.3 Å². The van der Waals surface area contributed by atoms with Crippen molar-refractivity contribution in [2.24, 2.45) is 11.7 Å². The molecule has 1 saturated carbocycles. The zero-order valence-corrected chi connectivity index (χ0v) is 12.5. The molecule has 4 heteroatoms. The van der Waals surface area contributed by atoms with Crippen molar-refractivity contribution in [3.05, 3.63) is 11.7 Å². The van der Waals surface area contributed by atoms with Crippen LogP contribution in [0.25, 0.3) is 0 Å². The first kappa shape index (κ1) is 14.5. The second-order valence-corrected chi connectivity index (χ2v) is 6.11. The Hall–Kier alpha value is -0.900. The Morgan fingerprint density at radius 3 is 2.37 bits per heavy atom. The summed E-state index contributed by atoms with van der Waals surface area (Å²) in [7, 11) is 0. The molecule has 1 heterocycles. The van der Waals surface area contributed by atoms with Crippen molar-refractivity contribution in [2.75, 3.05) is 6.54 Å². The van der Waals surface area contributed by atoms with E-state index in [1.165, 1.54) is 25.7 Å². The summed E-state index contributed by atoms with van der Waals surface area (Å²) in [6.07, 6.45) is 6.82. The molecule has 0 radical (unpaired) electrons. The molecule has 2 rings (SSSR count). The van der Waals surface area contributed by atoms with Crippen molar-refractivity contribution < 1.29 is 4.52 Å². The summed E-state index contributed by atoms with van der Waals surface area (Å²) in [5.74, 6) is 2.98. The van der Waals surface area contributed by atoms with E-state index in [-0.39, 0.29) is 5.41 Å². The second kappa shape index (κ2) is 6.04. The first-order valence-electron chi connectivity index (χ1n) is 7.69. The van der Waals surface area contributed by atoms with Gasteiger partial charge in [-0.2, -0.15) is 4.98 Å². The van der Waals surface area contributed by atoms with Crippen LogP contribution < -0.4 is 5.73 Å². The average molecular weight is 265 g/mol. The van der Waals surface area contributed by atoms with E-state index >= 15 is 0 Å². The van der Waals surface area contributed by atoms with Crippen molar-refractivity contribution in [2.45, 2.75) is 70.6 Å². The van der Waals surface area contributed by atoms with Crippen molar-refractivity contribution in [1.29, 1.82) is 0 Å². The highest BCUT2D eigenvalue weighted by Gasteiger charge is 2.34. The van der Waals surface area contributed by atoms with Crippen molar-refractivity contribution in [3.63, 3.8) is 0 Å². The van der Waals surface area contributed by atoms with Gasteiger partial charge in [0.05, 0.1) is 5.41 Å². The van der Waals surface area contributed by atoms with Gasteiger partial charge in [-0.3, -0.25) is 0 Å². The van der Waals surface area contributed by atoms with Crippen LogP contribution in [0, 0.1) is 5.92 Å². The van der Waals surface area contributed by atoms with E-state index in [1.807, 2.05) is 0 Å². The lowest BCUT2D eigenvalue weighted by Crippen LogP contribution is -2.34. The van der Waals surface area contributed by atoms with Crippen LogP contribution in [-0.4, -0.2) is 16.7 Å². The minimum absolute atomic E-state index is 0.132. The van der Waals surface area contributed by atoms with E-state index < -0.39 is 0 Å². The van der Waals surface area contributed by atoms with Crippen LogP contribution in [0.5, 0.6) is 0 Å². The maximum absolute atomic E-state index is 5.94. The van der Waals surface area contributed by atoms with Crippen molar-refractivity contribution in [1.82, 2.24) is 10.1 Å². The smallest absolute Gasteiger partial charge is 0.234 e. The Morgan fingerprint density at radius 1 is 1.21 bits per heavy atom. The Labute approximate surface area is 116 Å². The fourth-order valence-corrected chi connectivity index (χ4v) is 3.06. The number of nitrogens with two attached hydrogens (primary N) is 1. The summed E-state index contributed by atoms with van der Waals surface area (Å²) in [5.41, 5.74) is 5.81. The third kappa shape index (κ3) is 2.83. The van der Waals surface area contributed by atoms with Crippen LogP contribution in [0.15, 0.2) is 4.52 Å². The van der Waals surface area contributed by atoms with E-state index in [0.717, 1.165) is 30.5 Å². The van der Waals surface area contributed by atoms with Crippen LogP contribution in [0.1, 0.15) is 76.9 Å². The lowest BCUT2D eigenvalue weighted by molar-refractivity contribution is 0.264. The third-order valence-corrected chi connectivity index (χ3v) is 5.02. The SMILES string of the molecule is CCC(CC)(CN)c1nc(C2CCC(C)CC2)no1. The van der Waals surface area contributed by atoms with Gasteiger partial charge in [0.1, 0.15) is 0 Å². The molecule has 108 valence electrons. The van der Waals surface area contributed by atoms with Crippen LogP contribution in [0.2, 0.25) is 0 Å². The summed E-state index contributed by atoms with van der Waals surface area (Å²) in [6, 6.07) is 0. The van der Waals surface area contributed by atoms with Gasteiger partial charge in [-0.05, 0) is 31.6 Å².